The number of piperidine rings is 1. The Labute approximate surface area is 175 Å². The number of carbonyl (C=O) groups is 2. The number of halogens is 1. The van der Waals surface area contributed by atoms with Gasteiger partial charge in [0.25, 0.3) is 5.91 Å². The second-order valence-corrected chi connectivity index (χ2v) is 6.93. The third kappa shape index (κ3) is 4.99. The molecule has 0 saturated carbocycles. The van der Waals surface area contributed by atoms with E-state index in [1.54, 1.807) is 18.2 Å². The summed E-state index contributed by atoms with van der Waals surface area (Å²) in [5.41, 5.74) is 1.90. The van der Waals surface area contributed by atoms with Gasteiger partial charge in [-0.1, -0.05) is 18.2 Å². The Morgan fingerprint density at radius 2 is 1.79 bits per heavy atom. The zero-order chi connectivity index (χ0) is 19.3. The average molecular weight is 418 g/mol. The number of carbonyl (C=O) groups excluding carboxylic acids is 2. The highest BCUT2D eigenvalue weighted by Gasteiger charge is 2.22. The van der Waals surface area contributed by atoms with E-state index < -0.39 is 0 Å². The molecule has 8 heteroatoms. The fourth-order valence-corrected chi connectivity index (χ4v) is 3.44. The predicted molar refractivity (Wildman–Crippen MR) is 112 cm³/mol. The number of fused-ring (bicyclic) bond motifs is 1. The lowest BCUT2D eigenvalue weighted by molar-refractivity contribution is -0.120. The Morgan fingerprint density at radius 1 is 1.03 bits per heavy atom. The number of ether oxygens (including phenoxy) is 2. The SMILES string of the molecule is Cl.O=C(NCc1ccc2c(c1)OCO2)c1ccccc1NC(=O)C1CCNCC1. The van der Waals surface area contributed by atoms with Gasteiger partial charge in [-0.2, -0.15) is 0 Å². The van der Waals surface area contributed by atoms with Crippen LogP contribution >= 0.6 is 12.4 Å². The highest BCUT2D eigenvalue weighted by molar-refractivity contribution is 6.04. The second-order valence-electron chi connectivity index (χ2n) is 6.93. The van der Waals surface area contributed by atoms with E-state index in [0.717, 1.165) is 31.5 Å². The van der Waals surface area contributed by atoms with Gasteiger partial charge >= 0.3 is 0 Å². The molecule has 2 aliphatic heterocycles. The van der Waals surface area contributed by atoms with Gasteiger partial charge in [0.15, 0.2) is 11.5 Å². The molecule has 2 aromatic carbocycles. The van der Waals surface area contributed by atoms with Gasteiger partial charge in [0.05, 0.1) is 11.3 Å². The maximum absolute atomic E-state index is 12.7. The quantitative estimate of drug-likeness (QED) is 0.696. The fourth-order valence-electron chi connectivity index (χ4n) is 3.44. The molecule has 2 aromatic rings. The molecule has 1 saturated heterocycles. The monoisotopic (exact) mass is 417 g/mol. The van der Waals surface area contributed by atoms with Gasteiger partial charge < -0.3 is 25.4 Å². The lowest BCUT2D eigenvalue weighted by Crippen LogP contribution is -2.35. The van der Waals surface area contributed by atoms with Gasteiger partial charge in [0, 0.05) is 12.5 Å². The first-order chi connectivity index (χ1) is 13.7. The minimum atomic E-state index is -0.237. The molecule has 0 spiro atoms. The number of nitrogens with one attached hydrogen (secondary N) is 3. The topological polar surface area (TPSA) is 88.7 Å². The molecule has 0 aromatic heterocycles. The first-order valence-electron chi connectivity index (χ1n) is 9.48. The van der Waals surface area contributed by atoms with E-state index in [0.29, 0.717) is 29.3 Å². The first-order valence-corrected chi connectivity index (χ1v) is 9.48. The zero-order valence-corrected chi connectivity index (χ0v) is 16.7. The maximum atomic E-state index is 12.7. The van der Waals surface area contributed by atoms with Crippen molar-refractivity contribution >= 4 is 29.9 Å². The van der Waals surface area contributed by atoms with Crippen LogP contribution in [0.25, 0.3) is 0 Å². The molecule has 1 fully saturated rings. The molecule has 29 heavy (non-hydrogen) atoms. The van der Waals surface area contributed by atoms with Crippen LogP contribution < -0.4 is 25.4 Å². The normalized spacial score (nSPS) is 15.3. The number of anilines is 1. The van der Waals surface area contributed by atoms with Crippen molar-refractivity contribution in [1.29, 1.82) is 0 Å². The molecule has 0 aliphatic carbocycles. The molecule has 2 aliphatic rings. The standard InChI is InChI=1S/C21H23N3O4.ClH/c25-20(15-7-9-22-10-8-15)24-17-4-2-1-3-16(17)21(26)23-12-14-5-6-18-19(11-14)28-13-27-18;/h1-6,11,15,22H,7-10,12-13H2,(H,23,26)(H,24,25);1H. The van der Waals surface area contributed by atoms with Crippen molar-refractivity contribution in [3.63, 3.8) is 0 Å². The fraction of sp³-hybridized carbons (Fsp3) is 0.333. The van der Waals surface area contributed by atoms with Crippen molar-refractivity contribution in [3.8, 4) is 11.5 Å². The van der Waals surface area contributed by atoms with Crippen LogP contribution in [0.2, 0.25) is 0 Å². The van der Waals surface area contributed by atoms with Crippen molar-refractivity contribution in [2.75, 3.05) is 25.2 Å². The molecule has 2 heterocycles. The summed E-state index contributed by atoms with van der Waals surface area (Å²) in [7, 11) is 0. The molecule has 0 bridgehead atoms. The molecule has 154 valence electrons. The summed E-state index contributed by atoms with van der Waals surface area (Å²) in [6.45, 7) is 2.26. The van der Waals surface area contributed by atoms with Crippen molar-refractivity contribution in [2.24, 2.45) is 5.92 Å². The molecule has 0 atom stereocenters. The molecule has 0 unspecified atom stereocenters. The van der Waals surface area contributed by atoms with Crippen molar-refractivity contribution in [3.05, 3.63) is 53.6 Å². The number of amides is 2. The third-order valence-electron chi connectivity index (χ3n) is 5.03. The van der Waals surface area contributed by atoms with Crippen LogP contribution in [0.1, 0.15) is 28.8 Å². The van der Waals surface area contributed by atoms with Crippen molar-refractivity contribution in [2.45, 2.75) is 19.4 Å². The van der Waals surface area contributed by atoms with Gasteiger partial charge in [0.1, 0.15) is 0 Å². The van der Waals surface area contributed by atoms with Crippen molar-refractivity contribution in [1.82, 2.24) is 10.6 Å². The number of hydrogen-bond acceptors (Lipinski definition) is 5. The van der Waals surface area contributed by atoms with E-state index in [9.17, 15) is 9.59 Å². The highest BCUT2D eigenvalue weighted by Crippen LogP contribution is 2.32. The van der Waals surface area contributed by atoms with Crippen molar-refractivity contribution < 1.29 is 19.1 Å². The molecule has 7 nitrogen and oxygen atoms in total. The summed E-state index contributed by atoms with van der Waals surface area (Å²) < 4.78 is 10.7. The Bertz CT molecular complexity index is 884. The number of para-hydroxylation sites is 1. The summed E-state index contributed by atoms with van der Waals surface area (Å²) in [5, 5.41) is 9.08. The third-order valence-corrected chi connectivity index (χ3v) is 5.03. The van der Waals surface area contributed by atoms with E-state index in [4.69, 9.17) is 9.47 Å². The first kappa shape index (κ1) is 21.0. The van der Waals surface area contributed by atoms with Crippen LogP contribution in [-0.4, -0.2) is 31.7 Å². The Kier molecular flexibility index (Phi) is 6.95. The minimum Gasteiger partial charge on any atom is -0.454 e. The smallest absolute Gasteiger partial charge is 0.253 e. The molecular formula is C21H24ClN3O4. The summed E-state index contributed by atoms with van der Waals surface area (Å²) in [4.78, 5) is 25.2. The molecule has 4 rings (SSSR count). The second kappa shape index (κ2) is 9.62. The largest absolute Gasteiger partial charge is 0.454 e. The minimum absolute atomic E-state index is 0. The zero-order valence-electron chi connectivity index (χ0n) is 15.9. The Balaban J connectivity index is 0.00000240. The highest BCUT2D eigenvalue weighted by atomic mass is 35.5. The van der Waals surface area contributed by atoms with E-state index in [2.05, 4.69) is 16.0 Å². The Morgan fingerprint density at radius 3 is 2.62 bits per heavy atom. The van der Waals surface area contributed by atoms with E-state index in [-0.39, 0.29) is 36.9 Å². The molecule has 2 amide bonds. The van der Waals surface area contributed by atoms with Gasteiger partial charge in [-0.05, 0) is 55.8 Å². The lowest BCUT2D eigenvalue weighted by Gasteiger charge is -2.22. The van der Waals surface area contributed by atoms with Gasteiger partial charge in [-0.25, -0.2) is 0 Å². The van der Waals surface area contributed by atoms with Crippen LogP contribution in [0.4, 0.5) is 5.69 Å². The summed E-state index contributed by atoms with van der Waals surface area (Å²) >= 11 is 0. The molecule has 0 radical (unpaired) electrons. The van der Waals surface area contributed by atoms with E-state index >= 15 is 0 Å². The Hall–Kier alpha value is -2.77. The summed E-state index contributed by atoms with van der Waals surface area (Å²) in [6, 6.07) is 12.6. The van der Waals surface area contributed by atoms with Gasteiger partial charge in [-0.3, -0.25) is 9.59 Å². The molecular weight excluding hydrogens is 394 g/mol. The molecule has 3 N–H and O–H groups in total. The van der Waals surface area contributed by atoms with Crippen LogP contribution in [0.3, 0.4) is 0 Å². The number of hydrogen-bond donors (Lipinski definition) is 3. The lowest BCUT2D eigenvalue weighted by atomic mass is 9.97. The van der Waals surface area contributed by atoms with E-state index in [1.807, 2.05) is 24.3 Å². The predicted octanol–water partition coefficient (Wildman–Crippen LogP) is 2.71. The van der Waals surface area contributed by atoms with Crippen LogP contribution in [-0.2, 0) is 11.3 Å². The van der Waals surface area contributed by atoms with Crippen LogP contribution in [0, 0.1) is 5.92 Å². The van der Waals surface area contributed by atoms with Crippen LogP contribution in [0.15, 0.2) is 42.5 Å². The maximum Gasteiger partial charge on any atom is 0.253 e. The summed E-state index contributed by atoms with van der Waals surface area (Å²) in [5.74, 6) is 1.10. The van der Waals surface area contributed by atoms with E-state index in [1.165, 1.54) is 0 Å². The van der Waals surface area contributed by atoms with Gasteiger partial charge in [0.2, 0.25) is 12.7 Å². The number of rotatable bonds is 5. The summed E-state index contributed by atoms with van der Waals surface area (Å²) in [6.07, 6.45) is 1.62. The number of benzene rings is 2. The van der Waals surface area contributed by atoms with Crippen LogP contribution in [0.5, 0.6) is 11.5 Å². The van der Waals surface area contributed by atoms with Gasteiger partial charge in [-0.15, -0.1) is 12.4 Å². The average Bonchev–Trinajstić information content (AvgIpc) is 3.21.